The lowest BCUT2D eigenvalue weighted by atomic mass is 10.3. The highest BCUT2D eigenvalue weighted by Crippen LogP contribution is 1.96. The molecule has 1 atom stereocenters. The fraction of sp³-hybridized carbons (Fsp3) is 1.00. The van der Waals surface area contributed by atoms with E-state index in [1.165, 1.54) is 0 Å². The third-order valence-corrected chi connectivity index (χ3v) is 4.23. The molecule has 104 valence electrons. The van der Waals surface area contributed by atoms with Crippen LogP contribution in [-0.2, 0) is 10.0 Å². The minimum Gasteiger partial charge on any atom is -0.320 e. The zero-order valence-corrected chi connectivity index (χ0v) is 12.3. The molecular weight excluding hydrogens is 238 g/mol. The molecule has 0 fully saturated rings. The van der Waals surface area contributed by atoms with Crippen molar-refractivity contribution in [2.45, 2.75) is 33.2 Å². The quantitative estimate of drug-likeness (QED) is 0.556. The lowest BCUT2D eigenvalue weighted by Gasteiger charge is -2.23. The summed E-state index contributed by atoms with van der Waals surface area (Å²) in [7, 11) is -1.31. The van der Waals surface area contributed by atoms with Gasteiger partial charge in [-0.25, -0.2) is 13.1 Å². The largest absolute Gasteiger partial charge is 0.320 e. The first-order valence-electron chi connectivity index (χ1n) is 6.32. The molecule has 0 aromatic heterocycles. The lowest BCUT2D eigenvalue weighted by Crippen LogP contribution is -2.42. The maximum Gasteiger partial charge on any atom is 0.211 e. The molecule has 5 nitrogen and oxygen atoms in total. The summed E-state index contributed by atoms with van der Waals surface area (Å²) in [4.78, 5) is 2.21. The maximum atomic E-state index is 11.7. The topological polar surface area (TPSA) is 61.4 Å². The van der Waals surface area contributed by atoms with Gasteiger partial charge in [0.15, 0.2) is 0 Å². The van der Waals surface area contributed by atoms with E-state index in [1.807, 2.05) is 14.0 Å². The second-order valence-electron chi connectivity index (χ2n) is 4.28. The Balaban J connectivity index is 4.04. The number of nitrogens with one attached hydrogen (secondary N) is 2. The van der Waals surface area contributed by atoms with E-state index in [0.717, 1.165) is 26.2 Å². The Kier molecular flexibility index (Phi) is 8.77. The molecular formula is C11H27N3O2S. The minimum atomic E-state index is -3.13. The molecule has 0 aliphatic carbocycles. The average Bonchev–Trinajstić information content (AvgIpc) is 2.25. The van der Waals surface area contributed by atoms with Gasteiger partial charge in [-0.2, -0.15) is 0 Å². The zero-order chi connectivity index (χ0) is 13.3. The predicted octanol–water partition coefficient (Wildman–Crippen LogP) is 0.246. The molecule has 0 amide bonds. The van der Waals surface area contributed by atoms with Gasteiger partial charge >= 0.3 is 0 Å². The van der Waals surface area contributed by atoms with Crippen LogP contribution in [0.3, 0.4) is 0 Å². The third kappa shape index (κ3) is 8.54. The highest BCUT2D eigenvalue weighted by molar-refractivity contribution is 7.89. The van der Waals surface area contributed by atoms with Crippen molar-refractivity contribution in [1.82, 2.24) is 14.9 Å². The van der Waals surface area contributed by atoms with Crippen LogP contribution >= 0.6 is 0 Å². The molecule has 0 spiro atoms. The summed E-state index contributed by atoms with van der Waals surface area (Å²) in [5.41, 5.74) is 0. The Labute approximate surface area is 106 Å². The van der Waals surface area contributed by atoms with Crippen molar-refractivity contribution in [3.63, 3.8) is 0 Å². The van der Waals surface area contributed by atoms with Gasteiger partial charge in [0.1, 0.15) is 0 Å². The first-order chi connectivity index (χ1) is 7.95. The Morgan fingerprint density at radius 1 is 1.24 bits per heavy atom. The van der Waals surface area contributed by atoms with E-state index in [1.54, 1.807) is 0 Å². The van der Waals surface area contributed by atoms with E-state index in [-0.39, 0.29) is 11.8 Å². The first kappa shape index (κ1) is 16.8. The highest BCUT2D eigenvalue weighted by atomic mass is 32.2. The van der Waals surface area contributed by atoms with Gasteiger partial charge in [0.05, 0.1) is 5.75 Å². The van der Waals surface area contributed by atoms with Gasteiger partial charge in [0.25, 0.3) is 0 Å². The number of nitrogens with zero attached hydrogens (tertiary/aromatic N) is 1. The summed E-state index contributed by atoms with van der Waals surface area (Å²) in [5, 5.41) is 2.94. The van der Waals surface area contributed by atoms with Crippen LogP contribution in [0.4, 0.5) is 0 Å². The van der Waals surface area contributed by atoms with Crippen LogP contribution in [0.2, 0.25) is 0 Å². The number of rotatable bonds is 10. The van der Waals surface area contributed by atoms with Crippen molar-refractivity contribution in [2.24, 2.45) is 0 Å². The fourth-order valence-electron chi connectivity index (χ4n) is 1.71. The van der Waals surface area contributed by atoms with Crippen molar-refractivity contribution in [3.8, 4) is 0 Å². The van der Waals surface area contributed by atoms with Crippen LogP contribution < -0.4 is 10.0 Å². The van der Waals surface area contributed by atoms with Crippen molar-refractivity contribution < 1.29 is 8.42 Å². The molecule has 17 heavy (non-hydrogen) atoms. The maximum absolute atomic E-state index is 11.7. The molecule has 0 rings (SSSR count). The van der Waals surface area contributed by atoms with E-state index < -0.39 is 10.0 Å². The van der Waals surface area contributed by atoms with Gasteiger partial charge in [-0.15, -0.1) is 0 Å². The van der Waals surface area contributed by atoms with E-state index in [2.05, 4.69) is 28.8 Å². The first-order valence-corrected chi connectivity index (χ1v) is 7.97. The van der Waals surface area contributed by atoms with Gasteiger partial charge in [-0.3, -0.25) is 0 Å². The van der Waals surface area contributed by atoms with Crippen LogP contribution in [0.1, 0.15) is 27.2 Å². The number of sulfonamides is 1. The SMILES string of the molecule is CCN(CC)CC(C)NS(=O)(=O)CCCNC. The van der Waals surface area contributed by atoms with Crippen LogP contribution in [0.25, 0.3) is 0 Å². The van der Waals surface area contributed by atoms with E-state index >= 15 is 0 Å². The second kappa shape index (κ2) is 8.85. The van der Waals surface area contributed by atoms with Crippen molar-refractivity contribution >= 4 is 10.0 Å². The molecule has 0 aromatic rings. The smallest absolute Gasteiger partial charge is 0.211 e. The normalized spacial score (nSPS) is 14.2. The molecule has 0 aliphatic rings. The van der Waals surface area contributed by atoms with E-state index in [4.69, 9.17) is 0 Å². The van der Waals surface area contributed by atoms with Gasteiger partial charge in [0.2, 0.25) is 10.0 Å². The van der Waals surface area contributed by atoms with Crippen molar-refractivity contribution in [3.05, 3.63) is 0 Å². The highest BCUT2D eigenvalue weighted by Gasteiger charge is 2.15. The van der Waals surface area contributed by atoms with Crippen LogP contribution in [0.15, 0.2) is 0 Å². The van der Waals surface area contributed by atoms with E-state index in [0.29, 0.717) is 6.42 Å². The Morgan fingerprint density at radius 2 is 1.82 bits per heavy atom. The molecule has 0 aromatic carbocycles. The van der Waals surface area contributed by atoms with Crippen molar-refractivity contribution in [2.75, 3.05) is 39.0 Å². The average molecular weight is 265 g/mol. The summed E-state index contributed by atoms with van der Waals surface area (Å²) < 4.78 is 26.2. The van der Waals surface area contributed by atoms with Crippen LogP contribution in [-0.4, -0.2) is 58.3 Å². The number of likely N-dealkylation sites (N-methyl/N-ethyl adjacent to an activating group) is 1. The molecule has 0 radical (unpaired) electrons. The minimum absolute atomic E-state index is 0.0329. The molecule has 0 bridgehead atoms. The van der Waals surface area contributed by atoms with Gasteiger partial charge in [-0.05, 0) is 40.0 Å². The Morgan fingerprint density at radius 3 is 2.29 bits per heavy atom. The summed E-state index contributed by atoms with van der Waals surface area (Å²) in [6.45, 7) is 9.46. The van der Waals surface area contributed by atoms with Gasteiger partial charge < -0.3 is 10.2 Å². The number of hydrogen-bond donors (Lipinski definition) is 2. The molecule has 1 unspecified atom stereocenters. The predicted molar refractivity (Wildman–Crippen MR) is 72.7 cm³/mol. The summed E-state index contributed by atoms with van der Waals surface area (Å²) in [5.74, 6) is 0.191. The van der Waals surface area contributed by atoms with Gasteiger partial charge in [0, 0.05) is 12.6 Å². The summed E-state index contributed by atoms with van der Waals surface area (Å²) in [6.07, 6.45) is 0.643. The van der Waals surface area contributed by atoms with E-state index in [9.17, 15) is 8.42 Å². The molecule has 0 saturated carbocycles. The zero-order valence-electron chi connectivity index (χ0n) is 11.5. The van der Waals surface area contributed by atoms with Gasteiger partial charge in [-0.1, -0.05) is 13.8 Å². The monoisotopic (exact) mass is 265 g/mol. The molecule has 2 N–H and O–H groups in total. The third-order valence-electron chi connectivity index (χ3n) is 2.65. The summed E-state index contributed by atoms with van der Waals surface area (Å²) in [6, 6.07) is -0.0329. The molecule has 0 heterocycles. The second-order valence-corrected chi connectivity index (χ2v) is 6.15. The summed E-state index contributed by atoms with van der Waals surface area (Å²) >= 11 is 0. The van der Waals surface area contributed by atoms with Crippen LogP contribution in [0, 0.1) is 0 Å². The lowest BCUT2D eigenvalue weighted by molar-refractivity contribution is 0.282. The standard InChI is InChI=1S/C11H27N3O2S/c1-5-14(6-2)10-11(3)13-17(15,16)9-7-8-12-4/h11-13H,5-10H2,1-4H3. The Hall–Kier alpha value is -0.170. The molecule has 6 heteroatoms. The molecule has 0 aliphatic heterocycles. The Bertz CT molecular complexity index is 276. The molecule has 0 saturated heterocycles. The number of hydrogen-bond acceptors (Lipinski definition) is 4. The fourth-order valence-corrected chi connectivity index (χ4v) is 3.04. The van der Waals surface area contributed by atoms with Crippen molar-refractivity contribution in [1.29, 1.82) is 0 Å². The van der Waals surface area contributed by atoms with Crippen LogP contribution in [0.5, 0.6) is 0 Å².